The van der Waals surface area contributed by atoms with Gasteiger partial charge in [-0.05, 0) is 32.9 Å². The van der Waals surface area contributed by atoms with Crippen molar-refractivity contribution in [3.8, 4) is 0 Å². The SMILES string of the molecule is C=CC=CCCCCN(C)CCN. The number of likely N-dealkylation sites (N-methyl/N-ethyl adjacent to an activating group) is 1. The first kappa shape index (κ1) is 12.4. The predicted octanol–water partition coefficient (Wildman–Crippen LogP) is 1.79. The second-order valence-corrected chi connectivity index (χ2v) is 3.25. The van der Waals surface area contributed by atoms with Crippen molar-refractivity contribution in [1.29, 1.82) is 0 Å². The lowest BCUT2D eigenvalue weighted by Crippen LogP contribution is -2.26. The number of hydrogen-bond acceptors (Lipinski definition) is 2. The van der Waals surface area contributed by atoms with Gasteiger partial charge in [-0.3, -0.25) is 0 Å². The molecule has 0 aromatic carbocycles. The van der Waals surface area contributed by atoms with E-state index in [9.17, 15) is 0 Å². The minimum absolute atomic E-state index is 0.757. The zero-order valence-electron chi connectivity index (χ0n) is 8.71. The van der Waals surface area contributed by atoms with Crippen LogP contribution in [0, 0.1) is 0 Å². The van der Waals surface area contributed by atoms with Crippen LogP contribution in [-0.2, 0) is 0 Å². The lowest BCUT2D eigenvalue weighted by atomic mass is 10.2. The van der Waals surface area contributed by atoms with Gasteiger partial charge in [0.15, 0.2) is 0 Å². The quantitative estimate of drug-likeness (QED) is 0.458. The number of nitrogens with zero attached hydrogens (tertiary/aromatic N) is 1. The van der Waals surface area contributed by atoms with Crippen LogP contribution in [0.2, 0.25) is 0 Å². The highest BCUT2D eigenvalue weighted by Crippen LogP contribution is 1.98. The first-order valence-electron chi connectivity index (χ1n) is 4.97. The van der Waals surface area contributed by atoms with E-state index in [1.807, 2.05) is 12.2 Å². The molecule has 0 bridgehead atoms. The second kappa shape index (κ2) is 9.49. The number of unbranched alkanes of at least 4 members (excludes halogenated alkanes) is 2. The summed E-state index contributed by atoms with van der Waals surface area (Å²) in [6.45, 7) is 6.53. The third-order valence-corrected chi connectivity index (χ3v) is 1.94. The van der Waals surface area contributed by atoms with Crippen LogP contribution in [-0.4, -0.2) is 31.6 Å². The molecule has 0 saturated heterocycles. The van der Waals surface area contributed by atoms with Crippen LogP contribution in [0.25, 0.3) is 0 Å². The molecule has 0 unspecified atom stereocenters. The van der Waals surface area contributed by atoms with Gasteiger partial charge in [-0.2, -0.15) is 0 Å². The van der Waals surface area contributed by atoms with E-state index in [4.69, 9.17) is 5.73 Å². The molecule has 0 rings (SSSR count). The molecule has 0 radical (unpaired) electrons. The highest BCUT2D eigenvalue weighted by Gasteiger charge is 1.94. The summed E-state index contributed by atoms with van der Waals surface area (Å²) in [5, 5.41) is 0. The highest BCUT2D eigenvalue weighted by atomic mass is 15.1. The summed E-state index contributed by atoms with van der Waals surface area (Å²) in [5.74, 6) is 0. The van der Waals surface area contributed by atoms with Gasteiger partial charge in [-0.1, -0.05) is 24.8 Å². The number of nitrogens with two attached hydrogens (primary N) is 1. The average molecular weight is 182 g/mol. The van der Waals surface area contributed by atoms with Crippen molar-refractivity contribution in [3.05, 3.63) is 24.8 Å². The molecular formula is C11H22N2. The van der Waals surface area contributed by atoms with Gasteiger partial charge in [0.05, 0.1) is 0 Å². The number of hydrogen-bond donors (Lipinski definition) is 1. The summed E-state index contributed by atoms with van der Waals surface area (Å²) in [7, 11) is 2.12. The third-order valence-electron chi connectivity index (χ3n) is 1.94. The van der Waals surface area contributed by atoms with Crippen LogP contribution in [0.3, 0.4) is 0 Å². The minimum Gasteiger partial charge on any atom is -0.329 e. The Morgan fingerprint density at radius 2 is 2.08 bits per heavy atom. The monoisotopic (exact) mass is 182 g/mol. The summed E-state index contributed by atoms with van der Waals surface area (Å²) in [6.07, 6.45) is 9.64. The minimum atomic E-state index is 0.757. The molecule has 0 aliphatic rings. The summed E-state index contributed by atoms with van der Waals surface area (Å²) in [6, 6.07) is 0. The lowest BCUT2D eigenvalue weighted by Gasteiger charge is -2.14. The van der Waals surface area contributed by atoms with Gasteiger partial charge >= 0.3 is 0 Å². The smallest absolute Gasteiger partial charge is 0.0102 e. The van der Waals surface area contributed by atoms with E-state index >= 15 is 0 Å². The molecule has 0 heterocycles. The molecule has 0 saturated carbocycles. The number of rotatable bonds is 8. The zero-order valence-corrected chi connectivity index (χ0v) is 8.71. The lowest BCUT2D eigenvalue weighted by molar-refractivity contribution is 0.335. The molecule has 0 spiro atoms. The molecule has 0 amide bonds. The zero-order chi connectivity index (χ0) is 9.94. The van der Waals surface area contributed by atoms with Crippen molar-refractivity contribution in [3.63, 3.8) is 0 Å². The maximum atomic E-state index is 5.44. The molecule has 2 N–H and O–H groups in total. The normalized spacial score (nSPS) is 11.3. The Kier molecular flexibility index (Phi) is 9.05. The number of allylic oxidation sites excluding steroid dienone is 3. The van der Waals surface area contributed by atoms with Crippen molar-refractivity contribution < 1.29 is 0 Å². The van der Waals surface area contributed by atoms with Gasteiger partial charge < -0.3 is 10.6 Å². The summed E-state index contributed by atoms with van der Waals surface area (Å²) < 4.78 is 0. The highest BCUT2D eigenvalue weighted by molar-refractivity contribution is 4.96. The average Bonchev–Trinajstić information content (AvgIpc) is 2.11. The summed E-state index contributed by atoms with van der Waals surface area (Å²) in [4.78, 5) is 2.28. The van der Waals surface area contributed by atoms with E-state index in [1.165, 1.54) is 12.8 Å². The Hall–Kier alpha value is -0.600. The second-order valence-electron chi connectivity index (χ2n) is 3.25. The van der Waals surface area contributed by atoms with Gasteiger partial charge in [0.1, 0.15) is 0 Å². The Bertz CT molecular complexity index is 141. The Balaban J connectivity index is 3.15. The van der Waals surface area contributed by atoms with Crippen molar-refractivity contribution in [2.24, 2.45) is 5.73 Å². The Labute approximate surface area is 82.1 Å². The topological polar surface area (TPSA) is 29.3 Å². The predicted molar refractivity (Wildman–Crippen MR) is 59.7 cm³/mol. The molecule has 0 aliphatic carbocycles. The first-order valence-corrected chi connectivity index (χ1v) is 4.97. The maximum absolute atomic E-state index is 5.44. The maximum Gasteiger partial charge on any atom is 0.0102 e. The van der Waals surface area contributed by atoms with Crippen LogP contribution < -0.4 is 5.73 Å². The van der Waals surface area contributed by atoms with E-state index in [0.29, 0.717) is 0 Å². The van der Waals surface area contributed by atoms with Crippen molar-refractivity contribution in [2.75, 3.05) is 26.7 Å². The molecule has 0 aromatic rings. The fraction of sp³-hybridized carbons (Fsp3) is 0.636. The van der Waals surface area contributed by atoms with E-state index in [0.717, 1.165) is 26.1 Å². The van der Waals surface area contributed by atoms with Gasteiger partial charge in [0.2, 0.25) is 0 Å². The van der Waals surface area contributed by atoms with Crippen molar-refractivity contribution in [1.82, 2.24) is 4.90 Å². The molecule has 0 aliphatic heterocycles. The molecular weight excluding hydrogens is 160 g/mol. The van der Waals surface area contributed by atoms with E-state index in [2.05, 4.69) is 24.6 Å². The molecule has 2 nitrogen and oxygen atoms in total. The Morgan fingerprint density at radius 1 is 1.31 bits per heavy atom. The van der Waals surface area contributed by atoms with E-state index in [1.54, 1.807) is 0 Å². The summed E-state index contributed by atoms with van der Waals surface area (Å²) >= 11 is 0. The fourth-order valence-corrected chi connectivity index (χ4v) is 1.17. The molecule has 0 fully saturated rings. The van der Waals surface area contributed by atoms with Crippen molar-refractivity contribution >= 4 is 0 Å². The third kappa shape index (κ3) is 9.31. The Morgan fingerprint density at radius 3 is 2.69 bits per heavy atom. The molecule has 13 heavy (non-hydrogen) atoms. The standard InChI is InChI=1S/C11H22N2/c1-3-4-5-6-7-8-10-13(2)11-9-12/h3-5H,1,6-12H2,2H3. The van der Waals surface area contributed by atoms with Gasteiger partial charge in [0, 0.05) is 13.1 Å². The van der Waals surface area contributed by atoms with Crippen LogP contribution in [0.15, 0.2) is 24.8 Å². The molecule has 0 aromatic heterocycles. The van der Waals surface area contributed by atoms with Crippen LogP contribution >= 0.6 is 0 Å². The largest absolute Gasteiger partial charge is 0.329 e. The van der Waals surface area contributed by atoms with Gasteiger partial charge in [-0.25, -0.2) is 0 Å². The molecule has 0 atom stereocenters. The molecule has 76 valence electrons. The molecule has 2 heteroatoms. The van der Waals surface area contributed by atoms with Gasteiger partial charge in [-0.15, -0.1) is 0 Å². The van der Waals surface area contributed by atoms with Gasteiger partial charge in [0.25, 0.3) is 0 Å². The fourth-order valence-electron chi connectivity index (χ4n) is 1.17. The summed E-state index contributed by atoms with van der Waals surface area (Å²) in [5.41, 5.74) is 5.44. The van der Waals surface area contributed by atoms with Crippen LogP contribution in [0.4, 0.5) is 0 Å². The van der Waals surface area contributed by atoms with Crippen LogP contribution in [0.5, 0.6) is 0 Å². The van der Waals surface area contributed by atoms with Crippen molar-refractivity contribution in [2.45, 2.75) is 19.3 Å². The van der Waals surface area contributed by atoms with Crippen LogP contribution in [0.1, 0.15) is 19.3 Å². The van der Waals surface area contributed by atoms with E-state index < -0.39 is 0 Å². The first-order chi connectivity index (χ1) is 6.31. The van der Waals surface area contributed by atoms with E-state index in [-0.39, 0.29) is 0 Å².